The number of carbonyl (C=O) groups is 1. The predicted molar refractivity (Wildman–Crippen MR) is 98.5 cm³/mol. The van der Waals surface area contributed by atoms with Crippen LogP contribution in [0.1, 0.15) is 16.1 Å². The molecule has 8 heteroatoms. The van der Waals surface area contributed by atoms with Crippen LogP contribution in [0.5, 0.6) is 0 Å². The molecule has 1 amide bonds. The van der Waals surface area contributed by atoms with Gasteiger partial charge in [0.25, 0.3) is 11.5 Å². The van der Waals surface area contributed by atoms with Crippen LogP contribution in [0.25, 0.3) is 10.8 Å². The van der Waals surface area contributed by atoms with Gasteiger partial charge in [-0.3, -0.25) is 9.59 Å². The average Bonchev–Trinajstić information content (AvgIpc) is 2.61. The molecule has 126 valence electrons. The Morgan fingerprint density at radius 1 is 1.16 bits per heavy atom. The largest absolute Gasteiger partial charge is 0.292 e. The third-order valence-corrected chi connectivity index (χ3v) is 4.23. The van der Waals surface area contributed by atoms with Crippen LogP contribution in [-0.2, 0) is 7.05 Å². The smallest absolute Gasteiger partial charge is 0.267 e. The van der Waals surface area contributed by atoms with E-state index < -0.39 is 5.91 Å². The number of halogens is 2. The maximum atomic E-state index is 12.4. The molecule has 2 aromatic carbocycles. The number of hydrazone groups is 1. The summed E-state index contributed by atoms with van der Waals surface area (Å²) in [6.45, 7) is 0. The average molecular weight is 375 g/mol. The Labute approximate surface area is 152 Å². The summed E-state index contributed by atoms with van der Waals surface area (Å²) in [7, 11) is 1.49. The number of aryl methyl sites for hydroxylation is 1. The molecule has 0 saturated heterocycles. The van der Waals surface area contributed by atoms with E-state index in [-0.39, 0.29) is 11.3 Å². The molecule has 3 rings (SSSR count). The molecule has 0 aliphatic heterocycles. The highest BCUT2D eigenvalue weighted by Gasteiger charge is 2.14. The molecule has 1 heterocycles. The molecule has 25 heavy (non-hydrogen) atoms. The van der Waals surface area contributed by atoms with Crippen LogP contribution < -0.4 is 11.0 Å². The van der Waals surface area contributed by atoms with E-state index in [0.717, 1.165) is 4.68 Å². The maximum absolute atomic E-state index is 12.4. The fraction of sp³-hybridized carbons (Fsp3) is 0.0588. The second-order valence-electron chi connectivity index (χ2n) is 5.20. The third kappa shape index (κ3) is 3.55. The van der Waals surface area contributed by atoms with Crippen molar-refractivity contribution in [3.63, 3.8) is 0 Å². The first kappa shape index (κ1) is 17.1. The van der Waals surface area contributed by atoms with Crippen molar-refractivity contribution in [3.8, 4) is 0 Å². The van der Waals surface area contributed by atoms with E-state index in [4.69, 9.17) is 23.2 Å². The number of hydrogen-bond donors (Lipinski definition) is 1. The van der Waals surface area contributed by atoms with Gasteiger partial charge in [0.2, 0.25) is 0 Å². The number of benzene rings is 2. The summed E-state index contributed by atoms with van der Waals surface area (Å²) in [5.41, 5.74) is 2.91. The molecule has 0 bridgehead atoms. The molecule has 1 aromatic heterocycles. The van der Waals surface area contributed by atoms with Crippen LogP contribution in [0.15, 0.2) is 52.4 Å². The lowest BCUT2D eigenvalue weighted by molar-refractivity contribution is 0.0950. The van der Waals surface area contributed by atoms with Crippen LogP contribution in [0.2, 0.25) is 10.0 Å². The fourth-order valence-corrected chi connectivity index (χ4v) is 2.59. The van der Waals surface area contributed by atoms with Gasteiger partial charge in [-0.1, -0.05) is 47.5 Å². The number of rotatable bonds is 3. The van der Waals surface area contributed by atoms with Gasteiger partial charge in [0, 0.05) is 12.4 Å². The molecular weight excluding hydrogens is 363 g/mol. The Morgan fingerprint density at radius 2 is 1.88 bits per heavy atom. The summed E-state index contributed by atoms with van der Waals surface area (Å²) in [5, 5.41) is 9.63. The number of amides is 1. The number of fused-ring (bicyclic) bond motifs is 1. The van der Waals surface area contributed by atoms with E-state index >= 15 is 0 Å². The number of carbonyl (C=O) groups excluding carboxylic acids is 1. The molecule has 0 spiro atoms. The van der Waals surface area contributed by atoms with E-state index in [2.05, 4.69) is 15.6 Å². The lowest BCUT2D eigenvalue weighted by atomic mass is 10.1. The minimum atomic E-state index is -0.525. The second kappa shape index (κ2) is 7.04. The van der Waals surface area contributed by atoms with Gasteiger partial charge in [-0.2, -0.15) is 10.2 Å². The van der Waals surface area contributed by atoms with Crippen LogP contribution in [0.4, 0.5) is 0 Å². The van der Waals surface area contributed by atoms with Crippen LogP contribution in [0, 0.1) is 0 Å². The molecule has 0 unspecified atom stereocenters. The second-order valence-corrected chi connectivity index (χ2v) is 6.01. The van der Waals surface area contributed by atoms with Gasteiger partial charge in [-0.25, -0.2) is 10.1 Å². The summed E-state index contributed by atoms with van der Waals surface area (Å²) >= 11 is 11.8. The van der Waals surface area contributed by atoms with Gasteiger partial charge < -0.3 is 0 Å². The maximum Gasteiger partial charge on any atom is 0.292 e. The SMILES string of the molecule is Cn1nc(C(=O)N/N=C/c2ccc(Cl)c(Cl)c2)c2ccccc2c1=O. The molecule has 0 fully saturated rings. The molecule has 0 atom stereocenters. The summed E-state index contributed by atoms with van der Waals surface area (Å²) in [6, 6.07) is 11.8. The first-order chi connectivity index (χ1) is 12.0. The van der Waals surface area contributed by atoms with E-state index in [1.807, 2.05) is 0 Å². The molecule has 6 nitrogen and oxygen atoms in total. The normalized spacial score (nSPS) is 11.2. The van der Waals surface area contributed by atoms with Crippen molar-refractivity contribution >= 4 is 46.1 Å². The Bertz CT molecular complexity index is 1060. The van der Waals surface area contributed by atoms with Crippen molar-refractivity contribution in [1.29, 1.82) is 0 Å². The first-order valence-corrected chi connectivity index (χ1v) is 7.97. The van der Waals surface area contributed by atoms with E-state index in [1.165, 1.54) is 13.3 Å². The zero-order valence-corrected chi connectivity index (χ0v) is 14.5. The number of aromatic nitrogens is 2. The molecular formula is C17H12Cl2N4O2. The standard InChI is InChI=1S/C17H12Cl2N4O2/c1-23-17(25)12-5-3-2-4-11(12)15(22-23)16(24)21-20-9-10-6-7-13(18)14(19)8-10/h2-9H,1H3,(H,21,24)/b20-9+. The summed E-state index contributed by atoms with van der Waals surface area (Å²) in [6.07, 6.45) is 1.43. The van der Waals surface area contributed by atoms with Crippen LogP contribution in [-0.4, -0.2) is 21.9 Å². The monoisotopic (exact) mass is 374 g/mol. The summed E-state index contributed by atoms with van der Waals surface area (Å²) in [4.78, 5) is 24.5. The van der Waals surface area contributed by atoms with Crippen molar-refractivity contribution in [2.75, 3.05) is 0 Å². The molecule has 0 aliphatic carbocycles. The predicted octanol–water partition coefficient (Wildman–Crippen LogP) is 3.00. The Morgan fingerprint density at radius 3 is 2.60 bits per heavy atom. The highest BCUT2D eigenvalue weighted by molar-refractivity contribution is 6.42. The minimum Gasteiger partial charge on any atom is -0.267 e. The third-order valence-electron chi connectivity index (χ3n) is 3.49. The van der Waals surface area contributed by atoms with E-state index in [0.29, 0.717) is 26.4 Å². The highest BCUT2D eigenvalue weighted by atomic mass is 35.5. The molecule has 0 radical (unpaired) electrons. The molecule has 0 aliphatic rings. The lowest BCUT2D eigenvalue weighted by Gasteiger charge is -2.06. The topological polar surface area (TPSA) is 76.3 Å². The Hall–Kier alpha value is -2.70. The van der Waals surface area contributed by atoms with Crippen molar-refractivity contribution in [1.82, 2.24) is 15.2 Å². The zero-order chi connectivity index (χ0) is 18.0. The lowest BCUT2D eigenvalue weighted by Crippen LogP contribution is -2.27. The molecule has 1 N–H and O–H groups in total. The van der Waals surface area contributed by atoms with Gasteiger partial charge in [0.05, 0.1) is 21.6 Å². The number of nitrogens with one attached hydrogen (secondary N) is 1. The van der Waals surface area contributed by atoms with Gasteiger partial charge in [0.1, 0.15) is 0 Å². The Kier molecular flexibility index (Phi) is 4.83. The van der Waals surface area contributed by atoms with Crippen molar-refractivity contribution in [2.24, 2.45) is 12.1 Å². The minimum absolute atomic E-state index is 0.115. The molecule has 3 aromatic rings. The Balaban J connectivity index is 1.88. The van der Waals surface area contributed by atoms with Crippen LogP contribution >= 0.6 is 23.2 Å². The van der Waals surface area contributed by atoms with E-state index in [9.17, 15) is 9.59 Å². The number of hydrogen-bond acceptors (Lipinski definition) is 4. The van der Waals surface area contributed by atoms with Crippen molar-refractivity contribution < 1.29 is 4.79 Å². The molecule has 0 saturated carbocycles. The highest BCUT2D eigenvalue weighted by Crippen LogP contribution is 2.21. The summed E-state index contributed by atoms with van der Waals surface area (Å²) < 4.78 is 1.12. The first-order valence-electron chi connectivity index (χ1n) is 7.22. The number of nitrogens with zero attached hydrogens (tertiary/aromatic N) is 3. The van der Waals surface area contributed by atoms with Crippen LogP contribution in [0.3, 0.4) is 0 Å². The van der Waals surface area contributed by atoms with Gasteiger partial charge in [0.15, 0.2) is 5.69 Å². The zero-order valence-electron chi connectivity index (χ0n) is 13.0. The fourth-order valence-electron chi connectivity index (χ4n) is 2.28. The van der Waals surface area contributed by atoms with E-state index in [1.54, 1.807) is 42.5 Å². The van der Waals surface area contributed by atoms with Gasteiger partial charge >= 0.3 is 0 Å². The quantitative estimate of drug-likeness (QED) is 0.565. The van der Waals surface area contributed by atoms with Crippen molar-refractivity contribution in [2.45, 2.75) is 0 Å². The van der Waals surface area contributed by atoms with Gasteiger partial charge in [-0.15, -0.1) is 0 Å². The van der Waals surface area contributed by atoms with Gasteiger partial charge in [-0.05, 0) is 23.8 Å². The summed E-state index contributed by atoms with van der Waals surface area (Å²) in [5.74, 6) is -0.525. The van der Waals surface area contributed by atoms with Crippen molar-refractivity contribution in [3.05, 3.63) is 74.1 Å².